The van der Waals surface area contributed by atoms with Gasteiger partial charge >= 0.3 is 5.97 Å². The van der Waals surface area contributed by atoms with Crippen LogP contribution >= 0.6 is 0 Å². The number of rotatable bonds is 9. The van der Waals surface area contributed by atoms with Crippen molar-refractivity contribution in [3.05, 3.63) is 11.6 Å². The number of fused-ring (bicyclic) bond motifs is 7. The van der Waals surface area contributed by atoms with Crippen LogP contribution in [0.25, 0.3) is 0 Å². The van der Waals surface area contributed by atoms with Crippen molar-refractivity contribution in [2.75, 3.05) is 19.8 Å². The van der Waals surface area contributed by atoms with Crippen molar-refractivity contribution in [1.82, 2.24) is 0 Å². The summed E-state index contributed by atoms with van der Waals surface area (Å²) in [6, 6.07) is 0. The fraction of sp³-hybridized carbons (Fsp3) is 0.942. The predicted molar refractivity (Wildman–Crippen MR) is 251 cm³/mol. The quantitative estimate of drug-likeness (QED) is 0.0767. The summed E-state index contributed by atoms with van der Waals surface area (Å²) >= 11 is 0. The van der Waals surface area contributed by atoms with Gasteiger partial charge in [0.05, 0.1) is 43.5 Å². The average Bonchev–Trinajstić information content (AvgIpc) is 3.32. The van der Waals surface area contributed by atoms with Crippen LogP contribution in [0.15, 0.2) is 11.6 Å². The first-order valence-electron chi connectivity index (χ1n) is 26.6. The van der Waals surface area contributed by atoms with E-state index in [4.69, 9.17) is 37.9 Å². The lowest BCUT2D eigenvalue weighted by molar-refractivity contribution is -0.380. The number of hydrogen-bond acceptors (Lipinski definition) is 21. The molecule has 0 unspecified atom stereocenters. The molecule has 4 saturated heterocycles. The first-order valence-corrected chi connectivity index (χ1v) is 26.6. The Balaban J connectivity index is 0.965. The molecule has 4 aliphatic heterocycles. The van der Waals surface area contributed by atoms with Gasteiger partial charge in [0.25, 0.3) is 0 Å². The zero-order valence-corrected chi connectivity index (χ0v) is 43.4. The van der Waals surface area contributed by atoms with Gasteiger partial charge < -0.3 is 99.2 Å². The lowest BCUT2D eigenvalue weighted by atomic mass is 9.33. The fourth-order valence-electron chi connectivity index (χ4n) is 16.0. The van der Waals surface area contributed by atoms with Crippen molar-refractivity contribution in [2.24, 2.45) is 50.2 Å². The topological polar surface area (TPSA) is 334 Å². The van der Waals surface area contributed by atoms with E-state index in [0.29, 0.717) is 32.1 Å². The van der Waals surface area contributed by atoms with Crippen molar-refractivity contribution >= 4 is 5.97 Å². The van der Waals surface area contributed by atoms with Crippen LogP contribution in [0.2, 0.25) is 0 Å². The monoisotopic (exact) mass is 1040 g/mol. The Labute approximate surface area is 426 Å². The molecule has 21 nitrogen and oxygen atoms in total. The Morgan fingerprint density at radius 3 is 1.97 bits per heavy atom. The molecule has 0 aromatic heterocycles. The third-order valence-corrected chi connectivity index (χ3v) is 20.6. The molecule has 0 spiro atoms. The maximum atomic E-state index is 14.7. The van der Waals surface area contributed by atoms with Gasteiger partial charge in [-0.15, -0.1) is 0 Å². The number of allylic oxidation sites excluding steroid dienone is 2. The van der Waals surface area contributed by atoms with Gasteiger partial charge in [-0.3, -0.25) is 4.79 Å². The Kier molecular flexibility index (Phi) is 15.4. The van der Waals surface area contributed by atoms with Gasteiger partial charge in [0.15, 0.2) is 18.9 Å². The van der Waals surface area contributed by atoms with Gasteiger partial charge in [0.1, 0.15) is 79.4 Å². The third kappa shape index (κ3) is 9.10. The number of carbonyl (C=O) groups excluding carboxylic acids is 1. The van der Waals surface area contributed by atoms with Crippen LogP contribution in [0.5, 0.6) is 0 Å². The maximum Gasteiger partial charge on any atom is 0.315 e. The summed E-state index contributed by atoms with van der Waals surface area (Å²) in [6.45, 7) is 15.6. The Morgan fingerprint density at radius 2 is 1.27 bits per heavy atom. The van der Waals surface area contributed by atoms with E-state index in [1.165, 1.54) is 5.57 Å². The molecule has 0 bridgehead atoms. The SMILES string of the molecule is C[C@@H]1O[C@@H](OC(=O)[C@]23CCC(C)(C)C[C@H]2C2=CC[C@@H]4[C@@]5(C)C[C@@H](O)[C@H](O[C@@H]6OC[C@@H](O[C@@H]7O[C@H](CO)[C@@H](O)[C@H](O)[C@H]7O)[C@H](O)[C@H]6O[C@@H]6OC[C@@H](O)[C@H](O)[C@H]6O)C(C)(C)[C@@H]5CC[C@@]4(C)[C@]2(C)CC3)[C@H](O)[C@H](O)[C@H]1O. The molecule has 8 fully saturated rings. The standard InChI is InChI=1S/C52H84O21/c1-22-31(56)35(60)38(63)43(68-22)73-46(65)52-15-13-47(2,3)17-24(52)23-9-10-30-49(6)18-25(54)41(48(4,5)29(49)11-12-51(30,8)50(23,7)14-16-52)72-45-40(71-42-37(62)32(57)26(55)20-66-42)34(59)28(21-67-45)70-44-39(64)36(61)33(58)27(19-53)69-44/h9,22,24-45,53-64H,10-21H2,1-8H3/t22-,24-,25+,26+,27+,28+,29-,30+,31-,32-,33+,34-,35+,36-,37+,38+,39+,40+,41-,42-,43-,44-,45-,49-,50+,51+,52-/m0/s1. The highest BCUT2D eigenvalue weighted by Gasteiger charge is 2.71. The number of ether oxygens (including phenoxy) is 8. The minimum absolute atomic E-state index is 0.00948. The first kappa shape index (κ1) is 56.2. The molecule has 21 heteroatoms. The van der Waals surface area contributed by atoms with Crippen molar-refractivity contribution in [3.8, 4) is 0 Å². The molecular weight excluding hydrogens is 961 g/mol. The number of aliphatic hydroxyl groups excluding tert-OH is 12. The van der Waals surface area contributed by atoms with E-state index in [9.17, 15) is 66.1 Å². The van der Waals surface area contributed by atoms with E-state index in [2.05, 4.69) is 54.5 Å². The summed E-state index contributed by atoms with van der Waals surface area (Å²) in [4.78, 5) is 14.7. The van der Waals surface area contributed by atoms with Gasteiger partial charge in [0, 0.05) is 0 Å². The van der Waals surface area contributed by atoms with Gasteiger partial charge in [-0.2, -0.15) is 0 Å². The summed E-state index contributed by atoms with van der Waals surface area (Å²) in [5, 5.41) is 129. The normalized spacial score (nSPS) is 54.7. The minimum Gasteiger partial charge on any atom is -0.432 e. The molecule has 4 saturated carbocycles. The van der Waals surface area contributed by atoms with E-state index in [-0.39, 0.29) is 34.0 Å². The van der Waals surface area contributed by atoms with Gasteiger partial charge in [-0.25, -0.2) is 0 Å². The summed E-state index contributed by atoms with van der Waals surface area (Å²) in [6.07, 6.45) is -21.1. The van der Waals surface area contributed by atoms with E-state index in [1.54, 1.807) is 6.92 Å². The molecular formula is C52H84O21. The lowest BCUT2D eigenvalue weighted by Gasteiger charge is -2.71. The van der Waals surface area contributed by atoms with Crippen LogP contribution in [-0.4, -0.2) is 210 Å². The van der Waals surface area contributed by atoms with Crippen LogP contribution in [-0.2, 0) is 42.7 Å². The number of aliphatic hydroxyl groups is 12. The molecule has 4 heterocycles. The van der Waals surface area contributed by atoms with Gasteiger partial charge in [0.2, 0.25) is 6.29 Å². The largest absolute Gasteiger partial charge is 0.432 e. The molecule has 27 atom stereocenters. The van der Waals surface area contributed by atoms with E-state index in [0.717, 1.165) is 25.7 Å². The van der Waals surface area contributed by atoms with Crippen LogP contribution < -0.4 is 0 Å². The highest BCUT2D eigenvalue weighted by molar-refractivity contribution is 5.79. The van der Waals surface area contributed by atoms with Crippen LogP contribution in [0, 0.1) is 50.2 Å². The van der Waals surface area contributed by atoms with Crippen LogP contribution in [0.1, 0.15) is 113 Å². The van der Waals surface area contributed by atoms with Crippen molar-refractivity contribution in [1.29, 1.82) is 0 Å². The summed E-state index contributed by atoms with van der Waals surface area (Å²) in [7, 11) is 0. The summed E-state index contributed by atoms with van der Waals surface area (Å²) < 4.78 is 48.0. The zero-order valence-electron chi connectivity index (χ0n) is 43.4. The average molecular weight is 1050 g/mol. The zero-order chi connectivity index (χ0) is 53.3. The summed E-state index contributed by atoms with van der Waals surface area (Å²) in [5.74, 6) is -0.540. The highest BCUT2D eigenvalue weighted by atomic mass is 16.8. The lowest BCUT2D eigenvalue weighted by Crippen LogP contribution is -2.68. The highest BCUT2D eigenvalue weighted by Crippen LogP contribution is 2.76. The van der Waals surface area contributed by atoms with Crippen molar-refractivity contribution in [3.63, 3.8) is 0 Å². The Bertz CT molecular complexity index is 2020. The molecule has 5 aliphatic carbocycles. The second kappa shape index (κ2) is 20.0. The Hall–Kier alpha value is -1.55. The molecule has 73 heavy (non-hydrogen) atoms. The van der Waals surface area contributed by atoms with Crippen LogP contribution in [0.3, 0.4) is 0 Å². The Morgan fingerprint density at radius 1 is 0.630 bits per heavy atom. The van der Waals surface area contributed by atoms with E-state index >= 15 is 0 Å². The molecule has 0 radical (unpaired) electrons. The number of carbonyl (C=O) groups is 1. The smallest absolute Gasteiger partial charge is 0.315 e. The van der Waals surface area contributed by atoms with Crippen LogP contribution in [0.4, 0.5) is 0 Å². The number of hydrogen-bond donors (Lipinski definition) is 12. The molecule has 0 aromatic carbocycles. The molecule has 9 aliphatic rings. The fourth-order valence-corrected chi connectivity index (χ4v) is 16.0. The molecule has 12 N–H and O–H groups in total. The second-order valence-electron chi connectivity index (χ2n) is 25.5. The van der Waals surface area contributed by atoms with Gasteiger partial charge in [-0.1, -0.05) is 60.1 Å². The summed E-state index contributed by atoms with van der Waals surface area (Å²) in [5.41, 5.74) is -1.51. The van der Waals surface area contributed by atoms with Crippen molar-refractivity contribution < 1.29 is 104 Å². The van der Waals surface area contributed by atoms with E-state index < -0.39 is 165 Å². The molecule has 0 amide bonds. The molecule has 0 aromatic rings. The number of esters is 1. The maximum absolute atomic E-state index is 14.7. The van der Waals surface area contributed by atoms with Gasteiger partial charge in [-0.05, 0) is 110 Å². The van der Waals surface area contributed by atoms with E-state index in [1.807, 2.05) is 0 Å². The molecule has 9 rings (SSSR count). The van der Waals surface area contributed by atoms with Crippen molar-refractivity contribution in [2.45, 2.75) is 236 Å². The molecule has 418 valence electrons. The first-order chi connectivity index (χ1) is 34.1. The predicted octanol–water partition coefficient (Wildman–Crippen LogP) is -0.759. The third-order valence-electron chi connectivity index (χ3n) is 20.6. The second-order valence-corrected chi connectivity index (χ2v) is 25.5. The minimum atomic E-state index is -1.80.